The van der Waals surface area contributed by atoms with Crippen LogP contribution in [0.15, 0.2) is 65.2 Å². The zero-order valence-corrected chi connectivity index (χ0v) is 21.0. The summed E-state index contributed by atoms with van der Waals surface area (Å²) in [6.07, 6.45) is 3.38. The minimum absolute atomic E-state index is 0.0458. The van der Waals surface area contributed by atoms with Gasteiger partial charge >= 0.3 is 0 Å². The van der Waals surface area contributed by atoms with E-state index in [9.17, 15) is 15.2 Å². The molecule has 2 aliphatic heterocycles. The summed E-state index contributed by atoms with van der Waals surface area (Å²) < 4.78 is 17.8. The van der Waals surface area contributed by atoms with Gasteiger partial charge in [0.1, 0.15) is 29.2 Å². The van der Waals surface area contributed by atoms with Crippen LogP contribution in [0.4, 0.5) is 0 Å². The SMILES string of the molecule is CC1(O)CN(C(=O)c2ccc(-c3cc4nccc(-c5ccc(OC6CCOCC6)c(C#N)c5)c4o3)cc2)C1. The van der Waals surface area contributed by atoms with Crippen LogP contribution in [0.25, 0.3) is 33.6 Å². The van der Waals surface area contributed by atoms with Crippen LogP contribution in [0.5, 0.6) is 5.75 Å². The van der Waals surface area contributed by atoms with Gasteiger partial charge in [-0.05, 0) is 42.8 Å². The Morgan fingerprint density at radius 2 is 1.84 bits per heavy atom. The minimum atomic E-state index is -0.805. The van der Waals surface area contributed by atoms with E-state index in [1.807, 2.05) is 42.5 Å². The van der Waals surface area contributed by atoms with Gasteiger partial charge in [0.2, 0.25) is 0 Å². The lowest BCUT2D eigenvalue weighted by Crippen LogP contribution is -2.61. The number of carbonyl (C=O) groups excluding carboxylic acids is 1. The Bertz CT molecular complexity index is 1540. The summed E-state index contributed by atoms with van der Waals surface area (Å²) in [5.41, 5.74) is 4.02. The topological polar surface area (TPSA) is 109 Å². The van der Waals surface area contributed by atoms with Gasteiger partial charge in [-0.25, -0.2) is 0 Å². The van der Waals surface area contributed by atoms with Crippen molar-refractivity contribution < 1.29 is 23.8 Å². The van der Waals surface area contributed by atoms with Crippen LogP contribution in [0.2, 0.25) is 0 Å². The number of hydrogen-bond donors (Lipinski definition) is 1. The first-order valence-corrected chi connectivity index (χ1v) is 12.7. The molecule has 1 amide bonds. The van der Waals surface area contributed by atoms with Gasteiger partial charge < -0.3 is 23.9 Å². The van der Waals surface area contributed by atoms with E-state index in [4.69, 9.17) is 13.9 Å². The number of nitriles is 1. The van der Waals surface area contributed by atoms with E-state index in [0.29, 0.717) is 60.0 Å². The molecule has 2 saturated heterocycles. The highest BCUT2D eigenvalue weighted by Gasteiger charge is 2.39. The first-order valence-electron chi connectivity index (χ1n) is 12.7. The molecule has 0 aliphatic carbocycles. The molecular formula is C30H27N3O5. The van der Waals surface area contributed by atoms with E-state index in [-0.39, 0.29) is 12.0 Å². The predicted octanol–water partition coefficient (Wildman–Crippen LogP) is 4.80. The van der Waals surface area contributed by atoms with Crippen LogP contribution in [0.3, 0.4) is 0 Å². The third kappa shape index (κ3) is 4.62. The van der Waals surface area contributed by atoms with Crippen molar-refractivity contribution in [3.05, 3.63) is 71.9 Å². The number of benzene rings is 2. The Balaban J connectivity index is 1.26. The number of nitrogens with zero attached hydrogens (tertiary/aromatic N) is 3. The summed E-state index contributed by atoms with van der Waals surface area (Å²) in [4.78, 5) is 18.7. The minimum Gasteiger partial charge on any atom is -0.489 e. The summed E-state index contributed by atoms with van der Waals surface area (Å²) in [7, 11) is 0. The molecular weight excluding hydrogens is 482 g/mol. The van der Waals surface area contributed by atoms with Gasteiger partial charge in [-0.2, -0.15) is 5.26 Å². The molecule has 0 saturated carbocycles. The molecule has 8 heteroatoms. The van der Waals surface area contributed by atoms with Crippen LogP contribution in [-0.2, 0) is 4.74 Å². The predicted molar refractivity (Wildman–Crippen MR) is 141 cm³/mol. The van der Waals surface area contributed by atoms with Crippen molar-refractivity contribution in [2.75, 3.05) is 26.3 Å². The van der Waals surface area contributed by atoms with Crippen molar-refractivity contribution in [1.29, 1.82) is 5.26 Å². The molecule has 192 valence electrons. The molecule has 2 aromatic carbocycles. The van der Waals surface area contributed by atoms with Crippen molar-refractivity contribution in [2.24, 2.45) is 0 Å². The van der Waals surface area contributed by atoms with Gasteiger partial charge in [-0.1, -0.05) is 18.2 Å². The fourth-order valence-electron chi connectivity index (χ4n) is 5.05. The molecule has 1 N–H and O–H groups in total. The Labute approximate surface area is 220 Å². The molecule has 0 spiro atoms. The number of amides is 1. The number of aromatic nitrogens is 1. The number of carbonyl (C=O) groups is 1. The molecule has 4 heterocycles. The number of hydrogen-bond acceptors (Lipinski definition) is 7. The van der Waals surface area contributed by atoms with Crippen LogP contribution >= 0.6 is 0 Å². The maximum atomic E-state index is 12.6. The first-order chi connectivity index (χ1) is 18.4. The summed E-state index contributed by atoms with van der Waals surface area (Å²) in [5, 5.41) is 19.7. The van der Waals surface area contributed by atoms with Crippen molar-refractivity contribution >= 4 is 17.0 Å². The van der Waals surface area contributed by atoms with E-state index in [1.54, 1.807) is 30.2 Å². The fraction of sp³-hybridized carbons (Fsp3) is 0.300. The Hall–Kier alpha value is -4.19. The second-order valence-electron chi connectivity index (χ2n) is 10.2. The molecule has 2 aliphatic rings. The quantitative estimate of drug-likeness (QED) is 0.412. The van der Waals surface area contributed by atoms with Gasteiger partial charge in [0.25, 0.3) is 5.91 Å². The molecule has 0 bridgehead atoms. The van der Waals surface area contributed by atoms with Crippen molar-refractivity contribution in [3.63, 3.8) is 0 Å². The van der Waals surface area contributed by atoms with Gasteiger partial charge in [0.05, 0.1) is 37.5 Å². The van der Waals surface area contributed by atoms with E-state index in [1.165, 1.54) is 0 Å². The number of rotatable bonds is 5. The maximum Gasteiger partial charge on any atom is 0.254 e. The second-order valence-corrected chi connectivity index (χ2v) is 10.2. The molecule has 0 unspecified atom stereocenters. The largest absolute Gasteiger partial charge is 0.489 e. The number of fused-ring (bicyclic) bond motifs is 1. The molecule has 38 heavy (non-hydrogen) atoms. The molecule has 2 fully saturated rings. The van der Waals surface area contributed by atoms with E-state index in [2.05, 4.69) is 11.1 Å². The number of furan rings is 1. The second kappa shape index (κ2) is 9.60. The zero-order valence-electron chi connectivity index (χ0n) is 21.0. The van der Waals surface area contributed by atoms with Crippen LogP contribution in [0, 0.1) is 11.3 Å². The van der Waals surface area contributed by atoms with Gasteiger partial charge in [-0.3, -0.25) is 9.78 Å². The van der Waals surface area contributed by atoms with Crippen LogP contribution < -0.4 is 4.74 Å². The molecule has 6 rings (SSSR count). The van der Waals surface area contributed by atoms with E-state index < -0.39 is 5.60 Å². The van der Waals surface area contributed by atoms with Crippen LogP contribution in [-0.4, -0.2) is 58.9 Å². The molecule has 0 atom stereocenters. The zero-order chi connectivity index (χ0) is 26.3. The maximum absolute atomic E-state index is 12.6. The average Bonchev–Trinajstić information content (AvgIpc) is 3.37. The van der Waals surface area contributed by atoms with E-state index in [0.717, 1.165) is 29.5 Å². The number of likely N-dealkylation sites (tertiary alicyclic amines) is 1. The lowest BCUT2D eigenvalue weighted by molar-refractivity contribution is -0.0668. The molecule has 2 aromatic heterocycles. The summed E-state index contributed by atoms with van der Waals surface area (Å²) in [6, 6.07) is 18.8. The smallest absolute Gasteiger partial charge is 0.254 e. The average molecular weight is 510 g/mol. The lowest BCUT2D eigenvalue weighted by Gasteiger charge is -2.44. The normalized spacial score (nSPS) is 17.1. The molecule has 0 radical (unpaired) electrons. The third-order valence-electron chi connectivity index (χ3n) is 7.05. The van der Waals surface area contributed by atoms with Gasteiger partial charge in [0.15, 0.2) is 5.58 Å². The van der Waals surface area contributed by atoms with Crippen molar-refractivity contribution in [1.82, 2.24) is 9.88 Å². The first kappa shape index (κ1) is 24.2. The number of β-amino-alcohol motifs (C(OH)–C–C–N with tert-alkyl or cyclic N) is 1. The number of aliphatic hydroxyl groups is 1. The summed E-state index contributed by atoms with van der Waals surface area (Å²) in [5.74, 6) is 1.10. The molecule has 8 nitrogen and oxygen atoms in total. The summed E-state index contributed by atoms with van der Waals surface area (Å²) in [6.45, 7) is 3.73. The summed E-state index contributed by atoms with van der Waals surface area (Å²) >= 11 is 0. The number of ether oxygens (including phenoxy) is 2. The van der Waals surface area contributed by atoms with Crippen molar-refractivity contribution in [2.45, 2.75) is 31.5 Å². The Morgan fingerprint density at radius 3 is 2.55 bits per heavy atom. The van der Waals surface area contributed by atoms with Crippen LogP contribution in [0.1, 0.15) is 35.7 Å². The lowest BCUT2D eigenvalue weighted by atomic mass is 9.95. The van der Waals surface area contributed by atoms with E-state index >= 15 is 0 Å². The Morgan fingerprint density at radius 1 is 1.11 bits per heavy atom. The Kier molecular flexibility index (Phi) is 6.10. The standard InChI is InChI=1S/C30H27N3O5/c1-30(35)17-33(18-30)29(34)20-4-2-19(3-5-20)27-15-25-28(38-27)24(8-11-32-25)21-6-7-26(22(14-21)16-31)37-23-9-12-36-13-10-23/h2-8,11,14-15,23,35H,9-10,12-13,17-18H2,1H3. The highest BCUT2D eigenvalue weighted by Crippen LogP contribution is 2.36. The highest BCUT2D eigenvalue weighted by molar-refractivity contribution is 5.96. The van der Waals surface area contributed by atoms with Crippen molar-refractivity contribution in [3.8, 4) is 34.3 Å². The van der Waals surface area contributed by atoms with Gasteiger partial charge in [-0.15, -0.1) is 0 Å². The van der Waals surface area contributed by atoms with Gasteiger partial charge in [0, 0.05) is 41.8 Å². The molecule has 4 aromatic rings. The third-order valence-corrected chi connectivity index (χ3v) is 7.05. The highest BCUT2D eigenvalue weighted by atomic mass is 16.5. The number of pyridine rings is 1. The fourth-order valence-corrected chi connectivity index (χ4v) is 5.05. The monoisotopic (exact) mass is 509 g/mol.